The third kappa shape index (κ3) is 2.20. The predicted molar refractivity (Wildman–Crippen MR) is 71.9 cm³/mol. The molecule has 3 heterocycles. The van der Waals surface area contributed by atoms with Gasteiger partial charge < -0.3 is 15.5 Å². The molecule has 0 aromatic carbocycles. The van der Waals surface area contributed by atoms with Crippen LogP contribution in [-0.2, 0) is 6.42 Å². The van der Waals surface area contributed by atoms with Gasteiger partial charge in [-0.1, -0.05) is 0 Å². The van der Waals surface area contributed by atoms with E-state index in [9.17, 15) is 0 Å². The second-order valence-electron chi connectivity index (χ2n) is 4.21. The van der Waals surface area contributed by atoms with Crippen molar-refractivity contribution in [3.05, 3.63) is 42.0 Å². The average molecular weight is 255 g/mol. The lowest BCUT2D eigenvalue weighted by atomic mass is 10.1. The summed E-state index contributed by atoms with van der Waals surface area (Å²) in [6.07, 6.45) is 7.81. The Morgan fingerprint density at radius 1 is 1.21 bits per heavy atom. The number of rotatable bonds is 3. The van der Waals surface area contributed by atoms with Crippen LogP contribution in [0.5, 0.6) is 5.75 Å². The van der Waals surface area contributed by atoms with Crippen LogP contribution in [0.3, 0.4) is 0 Å². The lowest BCUT2D eigenvalue weighted by Gasteiger charge is -2.02. The molecule has 3 aromatic heterocycles. The molecule has 0 fully saturated rings. The van der Waals surface area contributed by atoms with Crippen molar-refractivity contribution < 1.29 is 4.74 Å². The first-order chi connectivity index (χ1) is 9.26. The topological polar surface area (TPSA) is 89.7 Å². The SMILES string of the molecule is COc1cnc2[nH]cc(Cc3cnc(N)nc3)c2c1. The Balaban J connectivity index is 1.98. The number of nitrogens with two attached hydrogens (primary N) is 1. The second kappa shape index (κ2) is 4.56. The molecule has 0 saturated heterocycles. The zero-order valence-corrected chi connectivity index (χ0v) is 10.4. The monoisotopic (exact) mass is 255 g/mol. The summed E-state index contributed by atoms with van der Waals surface area (Å²) in [6.45, 7) is 0. The summed E-state index contributed by atoms with van der Waals surface area (Å²) >= 11 is 0. The van der Waals surface area contributed by atoms with Crippen molar-refractivity contribution in [2.75, 3.05) is 12.8 Å². The number of anilines is 1. The van der Waals surface area contributed by atoms with Crippen LogP contribution in [0, 0.1) is 0 Å². The van der Waals surface area contributed by atoms with E-state index in [1.165, 1.54) is 0 Å². The number of pyridine rings is 1. The number of hydrogen-bond donors (Lipinski definition) is 2. The highest BCUT2D eigenvalue weighted by Gasteiger charge is 2.07. The highest BCUT2D eigenvalue weighted by atomic mass is 16.5. The third-order valence-electron chi connectivity index (χ3n) is 2.95. The van der Waals surface area contributed by atoms with Crippen LogP contribution in [0.1, 0.15) is 11.1 Å². The molecule has 6 heteroatoms. The average Bonchev–Trinajstić information content (AvgIpc) is 2.84. The van der Waals surface area contributed by atoms with Gasteiger partial charge in [-0.2, -0.15) is 0 Å². The molecule has 19 heavy (non-hydrogen) atoms. The van der Waals surface area contributed by atoms with Gasteiger partial charge in [0.1, 0.15) is 11.4 Å². The van der Waals surface area contributed by atoms with E-state index in [0.29, 0.717) is 0 Å². The molecule has 0 saturated carbocycles. The maximum absolute atomic E-state index is 5.47. The third-order valence-corrected chi connectivity index (χ3v) is 2.95. The molecule has 3 rings (SSSR count). The second-order valence-corrected chi connectivity index (χ2v) is 4.21. The molecule has 3 aromatic rings. The van der Waals surface area contributed by atoms with Crippen LogP contribution in [0.2, 0.25) is 0 Å². The van der Waals surface area contributed by atoms with Gasteiger partial charge in [0, 0.05) is 30.4 Å². The number of H-pyrrole nitrogens is 1. The molecular formula is C13H13N5O. The number of nitrogens with one attached hydrogen (secondary N) is 1. The number of aromatic amines is 1. The molecule has 0 aliphatic rings. The van der Waals surface area contributed by atoms with Crippen LogP contribution >= 0.6 is 0 Å². The maximum Gasteiger partial charge on any atom is 0.219 e. The van der Waals surface area contributed by atoms with Gasteiger partial charge in [-0.15, -0.1) is 0 Å². The molecule has 0 aliphatic heterocycles. The molecule has 6 nitrogen and oxygen atoms in total. The minimum Gasteiger partial charge on any atom is -0.495 e. The molecule has 0 atom stereocenters. The molecule has 0 amide bonds. The molecule has 0 bridgehead atoms. The Morgan fingerprint density at radius 2 is 2.00 bits per heavy atom. The van der Waals surface area contributed by atoms with E-state index < -0.39 is 0 Å². The van der Waals surface area contributed by atoms with Crippen LogP contribution < -0.4 is 10.5 Å². The number of methoxy groups -OCH3 is 1. The highest BCUT2D eigenvalue weighted by Crippen LogP contribution is 2.23. The molecule has 0 radical (unpaired) electrons. The van der Waals surface area contributed by atoms with Crippen molar-refractivity contribution in [2.45, 2.75) is 6.42 Å². The van der Waals surface area contributed by atoms with Crippen LogP contribution in [0.4, 0.5) is 5.95 Å². The predicted octanol–water partition coefficient (Wildman–Crippen LogP) is 1.53. The Bertz CT molecular complexity index is 705. The first-order valence-electron chi connectivity index (χ1n) is 5.82. The first-order valence-corrected chi connectivity index (χ1v) is 5.82. The van der Waals surface area contributed by atoms with Gasteiger partial charge in [-0.05, 0) is 17.2 Å². The fourth-order valence-corrected chi connectivity index (χ4v) is 1.97. The summed E-state index contributed by atoms with van der Waals surface area (Å²) in [5.41, 5.74) is 8.43. The Kier molecular flexibility index (Phi) is 2.75. The van der Waals surface area contributed by atoms with Crippen LogP contribution in [0.25, 0.3) is 11.0 Å². The maximum atomic E-state index is 5.47. The lowest BCUT2D eigenvalue weighted by molar-refractivity contribution is 0.413. The zero-order valence-electron chi connectivity index (χ0n) is 10.4. The first kappa shape index (κ1) is 11.5. The number of hydrogen-bond acceptors (Lipinski definition) is 5. The molecule has 0 unspecified atom stereocenters. The van der Waals surface area contributed by atoms with Crippen LogP contribution in [-0.4, -0.2) is 27.0 Å². The lowest BCUT2D eigenvalue weighted by Crippen LogP contribution is -1.96. The largest absolute Gasteiger partial charge is 0.495 e. The van der Waals surface area contributed by atoms with Crippen LogP contribution in [0.15, 0.2) is 30.9 Å². The van der Waals surface area contributed by atoms with E-state index in [1.807, 2.05) is 12.3 Å². The smallest absolute Gasteiger partial charge is 0.219 e. The fraction of sp³-hybridized carbons (Fsp3) is 0.154. The number of aromatic nitrogens is 4. The van der Waals surface area contributed by atoms with E-state index >= 15 is 0 Å². The molecule has 96 valence electrons. The van der Waals surface area contributed by atoms with Gasteiger partial charge in [-0.25, -0.2) is 15.0 Å². The van der Waals surface area contributed by atoms with Crippen molar-refractivity contribution in [2.24, 2.45) is 0 Å². The van der Waals surface area contributed by atoms with E-state index in [0.717, 1.165) is 34.3 Å². The van der Waals surface area contributed by atoms with Crippen molar-refractivity contribution in [1.29, 1.82) is 0 Å². The Hall–Kier alpha value is -2.63. The van der Waals surface area contributed by atoms with E-state index in [2.05, 4.69) is 19.9 Å². The molecule has 3 N–H and O–H groups in total. The minimum atomic E-state index is 0.283. The van der Waals surface area contributed by atoms with E-state index in [-0.39, 0.29) is 5.95 Å². The van der Waals surface area contributed by atoms with Gasteiger partial charge in [-0.3, -0.25) is 0 Å². The van der Waals surface area contributed by atoms with Crippen molar-refractivity contribution in [3.8, 4) is 5.75 Å². The highest BCUT2D eigenvalue weighted by molar-refractivity contribution is 5.81. The Labute approximate surface area is 109 Å². The minimum absolute atomic E-state index is 0.283. The van der Waals surface area contributed by atoms with E-state index in [1.54, 1.807) is 25.7 Å². The van der Waals surface area contributed by atoms with Gasteiger partial charge >= 0.3 is 0 Å². The quantitative estimate of drug-likeness (QED) is 0.740. The number of fused-ring (bicyclic) bond motifs is 1. The van der Waals surface area contributed by atoms with Crippen molar-refractivity contribution >= 4 is 17.0 Å². The summed E-state index contributed by atoms with van der Waals surface area (Å²) in [4.78, 5) is 15.4. The standard InChI is InChI=1S/C13H13N5O/c1-19-10-3-11-9(6-15-12(11)16-7-10)2-8-4-17-13(14)18-5-8/h3-7H,2H2,1H3,(H,15,16)(H2,14,17,18). The normalized spacial score (nSPS) is 10.8. The summed E-state index contributed by atoms with van der Waals surface area (Å²) in [5.74, 6) is 1.02. The molecule has 0 spiro atoms. The van der Waals surface area contributed by atoms with E-state index in [4.69, 9.17) is 10.5 Å². The van der Waals surface area contributed by atoms with Crippen molar-refractivity contribution in [3.63, 3.8) is 0 Å². The van der Waals surface area contributed by atoms with Crippen molar-refractivity contribution in [1.82, 2.24) is 19.9 Å². The van der Waals surface area contributed by atoms with Gasteiger partial charge in [0.25, 0.3) is 0 Å². The summed E-state index contributed by atoms with van der Waals surface area (Å²) in [6, 6.07) is 1.96. The summed E-state index contributed by atoms with van der Waals surface area (Å²) in [5, 5.41) is 1.04. The molecule has 0 aliphatic carbocycles. The number of nitrogen functional groups attached to an aromatic ring is 1. The van der Waals surface area contributed by atoms with Gasteiger partial charge in [0.2, 0.25) is 5.95 Å². The molecular weight excluding hydrogens is 242 g/mol. The zero-order chi connectivity index (χ0) is 13.2. The number of ether oxygens (including phenoxy) is 1. The number of nitrogens with zero attached hydrogens (tertiary/aromatic N) is 3. The fourth-order valence-electron chi connectivity index (χ4n) is 1.97. The summed E-state index contributed by atoms with van der Waals surface area (Å²) < 4.78 is 5.20. The van der Waals surface area contributed by atoms with Gasteiger partial charge in [0.05, 0.1) is 13.3 Å². The Morgan fingerprint density at radius 3 is 2.74 bits per heavy atom. The van der Waals surface area contributed by atoms with Gasteiger partial charge in [0.15, 0.2) is 0 Å². The summed E-state index contributed by atoms with van der Waals surface area (Å²) in [7, 11) is 1.63.